The van der Waals surface area contributed by atoms with Crippen LogP contribution in [0.5, 0.6) is 0 Å². The van der Waals surface area contributed by atoms with E-state index < -0.39 is 10.0 Å². The van der Waals surface area contributed by atoms with Gasteiger partial charge in [-0.15, -0.1) is 0 Å². The Hall–Kier alpha value is -0.910. The van der Waals surface area contributed by atoms with Gasteiger partial charge in [0.05, 0.1) is 5.25 Å². The maximum Gasteiger partial charge on any atom is 0.214 e. The zero-order chi connectivity index (χ0) is 14.4. The molecule has 0 spiro atoms. The molecule has 0 bridgehead atoms. The molecule has 0 aliphatic carbocycles. The van der Waals surface area contributed by atoms with Crippen molar-refractivity contribution in [2.24, 2.45) is 0 Å². The topological polar surface area (TPSA) is 58.2 Å². The minimum Gasteiger partial charge on any atom is -0.317 e. The second-order valence-corrected chi connectivity index (χ2v) is 7.53. The van der Waals surface area contributed by atoms with E-state index in [1.54, 1.807) is 0 Å². The third-order valence-corrected chi connectivity index (χ3v) is 5.93. The summed E-state index contributed by atoms with van der Waals surface area (Å²) in [5.41, 5.74) is 1.26. The lowest BCUT2D eigenvalue weighted by molar-refractivity contribution is 0.488. The molecule has 5 heteroatoms. The van der Waals surface area contributed by atoms with Crippen molar-refractivity contribution in [1.82, 2.24) is 10.0 Å². The van der Waals surface area contributed by atoms with Gasteiger partial charge in [-0.3, -0.25) is 0 Å². The number of piperidine rings is 1. The first kappa shape index (κ1) is 15.5. The third kappa shape index (κ3) is 4.30. The lowest BCUT2D eigenvalue weighted by atomic mass is 9.98. The van der Waals surface area contributed by atoms with E-state index in [-0.39, 0.29) is 5.25 Å². The summed E-state index contributed by atoms with van der Waals surface area (Å²) in [6, 6.07) is 10.2. The lowest BCUT2D eigenvalue weighted by Crippen LogP contribution is -2.42. The van der Waals surface area contributed by atoms with Crippen LogP contribution in [0.1, 0.15) is 37.7 Å². The van der Waals surface area contributed by atoms with E-state index in [0.29, 0.717) is 25.3 Å². The van der Waals surface area contributed by atoms with E-state index in [4.69, 9.17) is 0 Å². The normalized spacial score (nSPS) is 18.9. The monoisotopic (exact) mass is 296 g/mol. The third-order valence-electron chi connectivity index (χ3n) is 3.97. The van der Waals surface area contributed by atoms with E-state index in [1.165, 1.54) is 5.56 Å². The summed E-state index contributed by atoms with van der Waals surface area (Å²) in [4.78, 5) is 0. The molecule has 4 nitrogen and oxygen atoms in total. The summed E-state index contributed by atoms with van der Waals surface area (Å²) in [6.45, 7) is 4.24. The van der Waals surface area contributed by atoms with Crippen LogP contribution in [0.15, 0.2) is 30.3 Å². The molecule has 2 rings (SSSR count). The highest BCUT2D eigenvalue weighted by Crippen LogP contribution is 2.18. The summed E-state index contributed by atoms with van der Waals surface area (Å²) in [5.74, 6) is 0.368. The fraction of sp³-hybridized carbons (Fsp3) is 0.600. The first-order valence-corrected chi connectivity index (χ1v) is 8.88. The second-order valence-electron chi connectivity index (χ2n) is 5.49. The van der Waals surface area contributed by atoms with Gasteiger partial charge in [0.25, 0.3) is 0 Å². The van der Waals surface area contributed by atoms with Gasteiger partial charge in [0.2, 0.25) is 10.0 Å². The number of hydrogen-bond acceptors (Lipinski definition) is 3. The van der Waals surface area contributed by atoms with Gasteiger partial charge in [-0.1, -0.05) is 37.3 Å². The highest BCUT2D eigenvalue weighted by molar-refractivity contribution is 7.90. The Bertz CT molecular complexity index is 496. The zero-order valence-corrected chi connectivity index (χ0v) is 12.8. The van der Waals surface area contributed by atoms with Crippen molar-refractivity contribution in [2.75, 3.05) is 19.6 Å². The van der Waals surface area contributed by atoms with Crippen LogP contribution in [0.2, 0.25) is 0 Å². The summed E-state index contributed by atoms with van der Waals surface area (Å²) >= 11 is 0. The largest absolute Gasteiger partial charge is 0.317 e. The Morgan fingerprint density at radius 3 is 2.55 bits per heavy atom. The van der Waals surface area contributed by atoms with E-state index in [0.717, 1.165) is 19.5 Å². The van der Waals surface area contributed by atoms with Crippen LogP contribution in [-0.2, 0) is 10.0 Å². The summed E-state index contributed by atoms with van der Waals surface area (Å²) < 4.78 is 27.1. The van der Waals surface area contributed by atoms with Crippen LogP contribution in [0, 0.1) is 0 Å². The molecule has 1 atom stereocenters. The molecule has 0 amide bonds. The summed E-state index contributed by atoms with van der Waals surface area (Å²) in [7, 11) is -3.15. The molecule has 1 saturated heterocycles. The molecular formula is C15H24N2O2S. The van der Waals surface area contributed by atoms with Crippen LogP contribution in [0.25, 0.3) is 0 Å². The van der Waals surface area contributed by atoms with Gasteiger partial charge in [0, 0.05) is 6.54 Å². The van der Waals surface area contributed by atoms with Crippen LogP contribution >= 0.6 is 0 Å². The number of rotatable bonds is 6. The number of nitrogens with one attached hydrogen (secondary N) is 2. The smallest absolute Gasteiger partial charge is 0.214 e. The van der Waals surface area contributed by atoms with Crippen molar-refractivity contribution in [3.8, 4) is 0 Å². The summed E-state index contributed by atoms with van der Waals surface area (Å²) in [6.07, 6.45) is 2.25. The molecule has 0 aromatic heterocycles. The summed E-state index contributed by atoms with van der Waals surface area (Å²) in [5, 5.41) is 2.96. The first-order chi connectivity index (χ1) is 9.59. The Morgan fingerprint density at radius 2 is 1.90 bits per heavy atom. The molecule has 0 saturated carbocycles. The van der Waals surface area contributed by atoms with Crippen molar-refractivity contribution in [3.05, 3.63) is 35.9 Å². The van der Waals surface area contributed by atoms with Crippen LogP contribution in [-0.4, -0.2) is 33.3 Å². The minimum absolute atomic E-state index is 0.226. The lowest BCUT2D eigenvalue weighted by Gasteiger charge is -2.23. The van der Waals surface area contributed by atoms with Gasteiger partial charge in [0.15, 0.2) is 0 Å². The van der Waals surface area contributed by atoms with E-state index in [9.17, 15) is 8.42 Å². The van der Waals surface area contributed by atoms with Crippen LogP contribution in [0.4, 0.5) is 0 Å². The van der Waals surface area contributed by atoms with Crippen LogP contribution in [0.3, 0.4) is 0 Å². The maximum atomic E-state index is 12.2. The predicted octanol–water partition coefficient (Wildman–Crippen LogP) is 1.85. The highest BCUT2D eigenvalue weighted by atomic mass is 32.2. The van der Waals surface area contributed by atoms with Crippen molar-refractivity contribution in [2.45, 2.75) is 37.4 Å². The maximum absolute atomic E-state index is 12.2. The van der Waals surface area contributed by atoms with Crippen molar-refractivity contribution in [3.63, 3.8) is 0 Å². The Kier molecular flexibility index (Phi) is 5.57. The molecule has 1 aliphatic rings. The molecule has 1 aromatic rings. The van der Waals surface area contributed by atoms with E-state index in [2.05, 4.69) is 29.1 Å². The Labute approximate surface area is 122 Å². The second kappa shape index (κ2) is 7.20. The molecule has 0 radical (unpaired) electrons. The zero-order valence-electron chi connectivity index (χ0n) is 12.0. The predicted molar refractivity (Wildman–Crippen MR) is 82.3 cm³/mol. The SMILES string of the molecule is CC(CCNS(=O)(=O)C1CCNCC1)c1ccccc1. The standard InChI is InChI=1S/C15H24N2O2S/c1-13(14-5-3-2-4-6-14)7-12-17-20(18,19)15-8-10-16-11-9-15/h2-6,13,15-17H,7-12H2,1H3. The number of sulfonamides is 1. The van der Waals surface area contributed by atoms with Crippen LogP contribution < -0.4 is 10.0 Å². The van der Waals surface area contributed by atoms with Gasteiger partial charge in [-0.2, -0.15) is 0 Å². The molecule has 1 fully saturated rings. The average molecular weight is 296 g/mol. The molecule has 20 heavy (non-hydrogen) atoms. The van der Waals surface area contributed by atoms with Crippen molar-refractivity contribution >= 4 is 10.0 Å². The highest BCUT2D eigenvalue weighted by Gasteiger charge is 2.26. The molecule has 2 N–H and O–H groups in total. The minimum atomic E-state index is -3.15. The quantitative estimate of drug-likeness (QED) is 0.842. The fourth-order valence-electron chi connectivity index (χ4n) is 2.59. The molecule has 1 aliphatic heterocycles. The van der Waals surface area contributed by atoms with Gasteiger partial charge >= 0.3 is 0 Å². The molecule has 1 heterocycles. The molecule has 1 aromatic carbocycles. The molecular weight excluding hydrogens is 272 g/mol. The fourth-order valence-corrected chi connectivity index (χ4v) is 4.08. The molecule has 112 valence electrons. The van der Waals surface area contributed by atoms with Gasteiger partial charge in [-0.25, -0.2) is 13.1 Å². The van der Waals surface area contributed by atoms with E-state index >= 15 is 0 Å². The average Bonchev–Trinajstić information content (AvgIpc) is 2.49. The number of benzene rings is 1. The van der Waals surface area contributed by atoms with Crippen molar-refractivity contribution in [1.29, 1.82) is 0 Å². The van der Waals surface area contributed by atoms with Gasteiger partial charge < -0.3 is 5.32 Å². The van der Waals surface area contributed by atoms with Crippen molar-refractivity contribution < 1.29 is 8.42 Å². The van der Waals surface area contributed by atoms with Gasteiger partial charge in [0.1, 0.15) is 0 Å². The first-order valence-electron chi connectivity index (χ1n) is 7.34. The number of hydrogen-bond donors (Lipinski definition) is 2. The van der Waals surface area contributed by atoms with Gasteiger partial charge in [-0.05, 0) is 43.8 Å². The Morgan fingerprint density at radius 1 is 1.25 bits per heavy atom. The Balaban J connectivity index is 1.80. The molecule has 1 unspecified atom stereocenters. The van der Waals surface area contributed by atoms with E-state index in [1.807, 2.05) is 18.2 Å².